The van der Waals surface area contributed by atoms with Crippen LogP contribution in [-0.4, -0.2) is 29.1 Å². The molecule has 5 heteroatoms. The summed E-state index contributed by atoms with van der Waals surface area (Å²) in [4.78, 5) is 14.3. The van der Waals surface area contributed by atoms with Crippen molar-refractivity contribution in [2.75, 3.05) is 7.05 Å². The van der Waals surface area contributed by atoms with E-state index in [-0.39, 0.29) is 12.0 Å². The summed E-state index contributed by atoms with van der Waals surface area (Å²) >= 11 is 5.34. The van der Waals surface area contributed by atoms with Crippen molar-refractivity contribution in [1.82, 2.24) is 10.2 Å². The third kappa shape index (κ3) is 5.87. The topological polar surface area (TPSA) is 41.6 Å². The number of rotatable bonds is 6. The molecule has 0 aliphatic heterocycles. The zero-order valence-corrected chi connectivity index (χ0v) is 15.7. The summed E-state index contributed by atoms with van der Waals surface area (Å²) in [6.07, 6.45) is 1.02. The number of nitrogens with one attached hydrogen (secondary N) is 1. The van der Waals surface area contributed by atoms with E-state index in [0.717, 1.165) is 12.0 Å². The first-order valence-electron chi connectivity index (χ1n) is 8.36. The van der Waals surface area contributed by atoms with E-state index in [0.29, 0.717) is 23.0 Å². The minimum absolute atomic E-state index is 0.108. The Bertz CT molecular complexity index is 719. The maximum absolute atomic E-state index is 12.4. The number of thiocarbonyl (C=S) groups is 1. The lowest BCUT2D eigenvalue weighted by molar-refractivity contribution is 0.0973. The quantitative estimate of drug-likeness (QED) is 0.794. The molecule has 0 saturated heterocycles. The van der Waals surface area contributed by atoms with Gasteiger partial charge in [0.1, 0.15) is 5.75 Å². The summed E-state index contributed by atoms with van der Waals surface area (Å²) in [5, 5.41) is 3.16. The summed E-state index contributed by atoms with van der Waals surface area (Å²) < 4.78 is 5.76. The van der Waals surface area contributed by atoms with Crippen molar-refractivity contribution in [3.63, 3.8) is 0 Å². The van der Waals surface area contributed by atoms with Crippen LogP contribution < -0.4 is 10.1 Å². The fraction of sp³-hybridized carbons (Fsp3) is 0.300. The Morgan fingerprint density at radius 3 is 2.60 bits per heavy atom. The summed E-state index contributed by atoms with van der Waals surface area (Å²) in [6, 6.07) is 17.1. The second-order valence-electron chi connectivity index (χ2n) is 5.97. The molecule has 0 radical (unpaired) electrons. The van der Waals surface area contributed by atoms with Crippen LogP contribution in [0.2, 0.25) is 0 Å². The fourth-order valence-electron chi connectivity index (χ4n) is 2.22. The summed E-state index contributed by atoms with van der Waals surface area (Å²) in [5.41, 5.74) is 1.65. The van der Waals surface area contributed by atoms with Crippen LogP contribution >= 0.6 is 12.2 Å². The van der Waals surface area contributed by atoms with E-state index >= 15 is 0 Å². The third-order valence-corrected chi connectivity index (χ3v) is 4.25. The Balaban J connectivity index is 1.96. The molecule has 1 N–H and O–H groups in total. The average molecular weight is 356 g/mol. The number of carbonyl (C=O) groups excluding carboxylic acids is 1. The number of hydrogen-bond acceptors (Lipinski definition) is 3. The Kier molecular flexibility index (Phi) is 6.95. The highest BCUT2D eigenvalue weighted by molar-refractivity contribution is 7.80. The number of hydrogen-bond donors (Lipinski definition) is 1. The van der Waals surface area contributed by atoms with Crippen LogP contribution in [0.3, 0.4) is 0 Å². The zero-order valence-electron chi connectivity index (χ0n) is 14.9. The Labute approximate surface area is 154 Å². The molecular formula is C20H24N2O2S. The fourth-order valence-corrected chi connectivity index (χ4v) is 2.38. The van der Waals surface area contributed by atoms with Crippen molar-refractivity contribution in [3.8, 4) is 5.75 Å². The van der Waals surface area contributed by atoms with Gasteiger partial charge in [0.2, 0.25) is 0 Å². The summed E-state index contributed by atoms with van der Waals surface area (Å²) in [5.74, 6) is 0.449. The van der Waals surface area contributed by atoms with E-state index in [1.54, 1.807) is 12.1 Å². The second kappa shape index (κ2) is 9.18. The summed E-state index contributed by atoms with van der Waals surface area (Å²) in [7, 11) is 1.86. The van der Waals surface area contributed by atoms with E-state index in [2.05, 4.69) is 12.2 Å². The lowest BCUT2D eigenvalue weighted by Gasteiger charge is -2.20. The van der Waals surface area contributed by atoms with Gasteiger partial charge in [0.05, 0.1) is 6.10 Å². The first kappa shape index (κ1) is 18.9. The molecule has 0 fully saturated rings. The number of ether oxygens (including phenoxy) is 1. The van der Waals surface area contributed by atoms with Crippen molar-refractivity contribution in [3.05, 3.63) is 65.7 Å². The third-order valence-electron chi connectivity index (χ3n) is 3.84. The van der Waals surface area contributed by atoms with Gasteiger partial charge in [-0.3, -0.25) is 10.1 Å². The van der Waals surface area contributed by atoms with Crippen LogP contribution in [0.25, 0.3) is 0 Å². The first-order chi connectivity index (χ1) is 12.0. The molecule has 1 amide bonds. The molecular weight excluding hydrogens is 332 g/mol. The van der Waals surface area contributed by atoms with Crippen molar-refractivity contribution in [2.45, 2.75) is 32.9 Å². The normalized spacial score (nSPS) is 11.5. The Hall–Kier alpha value is -2.40. The zero-order chi connectivity index (χ0) is 18.2. The smallest absolute Gasteiger partial charge is 0.257 e. The molecule has 2 aromatic rings. The Morgan fingerprint density at radius 2 is 1.92 bits per heavy atom. The maximum atomic E-state index is 12.4. The molecule has 25 heavy (non-hydrogen) atoms. The molecule has 4 nitrogen and oxygen atoms in total. The van der Waals surface area contributed by atoms with Crippen LogP contribution in [0.1, 0.15) is 36.2 Å². The molecule has 0 heterocycles. The van der Waals surface area contributed by atoms with Crippen molar-refractivity contribution >= 4 is 23.2 Å². The molecule has 0 spiro atoms. The highest BCUT2D eigenvalue weighted by Gasteiger charge is 2.12. The standard InChI is InChI=1S/C20H24N2O2S/c1-4-15(2)24-18-12-8-11-17(13-18)19(23)21-20(25)22(3)14-16-9-6-5-7-10-16/h5-13,15H,4,14H2,1-3H3,(H,21,23,25). The minimum atomic E-state index is -0.237. The second-order valence-corrected chi connectivity index (χ2v) is 6.35. The van der Waals surface area contributed by atoms with Gasteiger partial charge < -0.3 is 9.64 Å². The van der Waals surface area contributed by atoms with Gasteiger partial charge in [0.15, 0.2) is 5.11 Å². The first-order valence-corrected chi connectivity index (χ1v) is 8.77. The SMILES string of the molecule is CCC(C)Oc1cccc(C(=O)NC(=S)N(C)Cc2ccccc2)c1. The van der Waals surface area contributed by atoms with Gasteiger partial charge >= 0.3 is 0 Å². The molecule has 2 aromatic carbocycles. The minimum Gasteiger partial charge on any atom is -0.491 e. The van der Waals surface area contributed by atoms with E-state index in [1.807, 2.05) is 61.3 Å². The lowest BCUT2D eigenvalue weighted by atomic mass is 10.2. The molecule has 0 saturated carbocycles. The highest BCUT2D eigenvalue weighted by atomic mass is 32.1. The maximum Gasteiger partial charge on any atom is 0.257 e. The van der Waals surface area contributed by atoms with E-state index in [1.165, 1.54) is 0 Å². The van der Waals surface area contributed by atoms with Crippen LogP contribution in [-0.2, 0) is 6.54 Å². The average Bonchev–Trinajstić information content (AvgIpc) is 2.62. The van der Waals surface area contributed by atoms with Gasteiger partial charge in [-0.25, -0.2) is 0 Å². The number of benzene rings is 2. The van der Waals surface area contributed by atoms with Gasteiger partial charge in [0.25, 0.3) is 5.91 Å². The molecule has 1 unspecified atom stereocenters. The van der Waals surface area contributed by atoms with E-state index in [9.17, 15) is 4.79 Å². The van der Waals surface area contributed by atoms with E-state index in [4.69, 9.17) is 17.0 Å². The molecule has 0 aliphatic carbocycles. The summed E-state index contributed by atoms with van der Waals surface area (Å²) in [6.45, 7) is 4.69. The molecule has 0 bridgehead atoms. The predicted molar refractivity (Wildman–Crippen MR) is 105 cm³/mol. The van der Waals surface area contributed by atoms with Crippen molar-refractivity contribution < 1.29 is 9.53 Å². The molecule has 1 atom stereocenters. The largest absolute Gasteiger partial charge is 0.491 e. The predicted octanol–water partition coefficient (Wildman–Crippen LogP) is 4.01. The highest BCUT2D eigenvalue weighted by Crippen LogP contribution is 2.16. The van der Waals surface area contributed by atoms with Crippen molar-refractivity contribution in [2.24, 2.45) is 0 Å². The van der Waals surface area contributed by atoms with Gasteiger partial charge in [0, 0.05) is 19.2 Å². The van der Waals surface area contributed by atoms with Crippen LogP contribution in [0, 0.1) is 0 Å². The van der Waals surface area contributed by atoms with Gasteiger partial charge in [-0.15, -0.1) is 0 Å². The molecule has 2 rings (SSSR count). The lowest BCUT2D eigenvalue weighted by Crippen LogP contribution is -2.40. The van der Waals surface area contributed by atoms with Crippen LogP contribution in [0.4, 0.5) is 0 Å². The van der Waals surface area contributed by atoms with E-state index < -0.39 is 0 Å². The van der Waals surface area contributed by atoms with Gasteiger partial charge in [-0.05, 0) is 49.3 Å². The molecule has 0 aromatic heterocycles. The van der Waals surface area contributed by atoms with Crippen molar-refractivity contribution in [1.29, 1.82) is 0 Å². The number of carbonyl (C=O) groups is 1. The van der Waals surface area contributed by atoms with Crippen LogP contribution in [0.5, 0.6) is 5.75 Å². The number of amides is 1. The van der Waals surface area contributed by atoms with Crippen LogP contribution in [0.15, 0.2) is 54.6 Å². The molecule has 132 valence electrons. The van der Waals surface area contributed by atoms with Gasteiger partial charge in [-0.2, -0.15) is 0 Å². The number of nitrogens with zero attached hydrogens (tertiary/aromatic N) is 1. The van der Waals surface area contributed by atoms with Gasteiger partial charge in [-0.1, -0.05) is 43.3 Å². The molecule has 0 aliphatic rings. The monoisotopic (exact) mass is 356 g/mol. The Morgan fingerprint density at radius 1 is 1.20 bits per heavy atom.